The molecule has 0 radical (unpaired) electrons. The van der Waals surface area contributed by atoms with Gasteiger partial charge in [-0.15, -0.1) is 0 Å². The molecule has 0 unspecified atom stereocenters. The van der Waals surface area contributed by atoms with E-state index in [0.717, 1.165) is 35.1 Å². The monoisotopic (exact) mass is 282 g/mol. The molecule has 1 aromatic rings. The zero-order chi connectivity index (χ0) is 11.5. The molecule has 1 saturated heterocycles. The molecule has 0 spiro atoms. The van der Waals surface area contributed by atoms with Crippen molar-refractivity contribution in [2.75, 3.05) is 11.9 Å². The zero-order valence-corrected chi connectivity index (χ0v) is 10.8. The van der Waals surface area contributed by atoms with Crippen LogP contribution in [-0.4, -0.2) is 18.5 Å². The Kier molecular flexibility index (Phi) is 3.61. The highest BCUT2D eigenvalue weighted by Crippen LogP contribution is 2.20. The van der Waals surface area contributed by atoms with E-state index in [-0.39, 0.29) is 11.9 Å². The Morgan fingerprint density at radius 2 is 2.38 bits per heavy atom. The number of hydrogen-bond acceptors (Lipinski definition) is 2. The zero-order valence-electron chi connectivity index (χ0n) is 9.22. The number of benzene rings is 1. The molecule has 2 N–H and O–H groups in total. The molecule has 0 saturated carbocycles. The maximum atomic E-state index is 11.9. The number of hydrogen-bond donors (Lipinski definition) is 2. The van der Waals surface area contributed by atoms with Crippen LogP contribution in [0.25, 0.3) is 0 Å². The van der Waals surface area contributed by atoms with Crippen LogP contribution in [0, 0.1) is 6.92 Å². The molecule has 4 heteroatoms. The highest BCUT2D eigenvalue weighted by molar-refractivity contribution is 9.10. The second-order valence-corrected chi connectivity index (χ2v) is 5.01. The van der Waals surface area contributed by atoms with E-state index in [1.807, 2.05) is 25.1 Å². The fourth-order valence-corrected chi connectivity index (χ4v) is 2.37. The largest absolute Gasteiger partial charge is 0.324 e. The standard InChI is InChI=1S/C12H15BrN2O/c1-8-7-9(13)4-5-10(8)15-12(16)11-3-2-6-14-11/h4-5,7,11,14H,2-3,6H2,1H3,(H,15,16)/t11-/m1/s1. The van der Waals surface area contributed by atoms with Gasteiger partial charge < -0.3 is 10.6 Å². The first kappa shape index (κ1) is 11.6. The summed E-state index contributed by atoms with van der Waals surface area (Å²) < 4.78 is 1.03. The van der Waals surface area contributed by atoms with Crippen molar-refractivity contribution in [2.45, 2.75) is 25.8 Å². The van der Waals surface area contributed by atoms with Crippen molar-refractivity contribution >= 4 is 27.5 Å². The summed E-state index contributed by atoms with van der Waals surface area (Å²) >= 11 is 3.40. The summed E-state index contributed by atoms with van der Waals surface area (Å²) in [4.78, 5) is 11.9. The molecule has 1 atom stereocenters. The van der Waals surface area contributed by atoms with Gasteiger partial charge in [0.2, 0.25) is 5.91 Å². The minimum absolute atomic E-state index is 0.0250. The number of rotatable bonds is 2. The molecule has 3 nitrogen and oxygen atoms in total. The number of amides is 1. The fourth-order valence-electron chi connectivity index (χ4n) is 1.90. The molecule has 1 amide bonds. The third-order valence-electron chi connectivity index (χ3n) is 2.82. The van der Waals surface area contributed by atoms with Gasteiger partial charge >= 0.3 is 0 Å². The van der Waals surface area contributed by atoms with E-state index in [4.69, 9.17) is 0 Å². The Bertz CT molecular complexity index is 400. The lowest BCUT2D eigenvalue weighted by Gasteiger charge is -2.13. The number of nitrogens with one attached hydrogen (secondary N) is 2. The van der Waals surface area contributed by atoms with Gasteiger partial charge in [0.15, 0.2) is 0 Å². The molecule has 2 rings (SSSR count). The molecule has 86 valence electrons. The number of anilines is 1. The van der Waals surface area contributed by atoms with Gasteiger partial charge in [0.25, 0.3) is 0 Å². The SMILES string of the molecule is Cc1cc(Br)ccc1NC(=O)[C@H]1CCCN1. The van der Waals surface area contributed by atoms with Crippen molar-refractivity contribution in [3.8, 4) is 0 Å². The van der Waals surface area contributed by atoms with E-state index in [1.165, 1.54) is 0 Å². The molecule has 1 aromatic carbocycles. The first-order valence-electron chi connectivity index (χ1n) is 5.47. The summed E-state index contributed by atoms with van der Waals surface area (Å²) in [6.45, 7) is 2.93. The summed E-state index contributed by atoms with van der Waals surface area (Å²) in [7, 11) is 0. The van der Waals surface area contributed by atoms with E-state index in [9.17, 15) is 4.79 Å². The number of carbonyl (C=O) groups excluding carboxylic acids is 1. The molecule has 0 aliphatic carbocycles. The third-order valence-corrected chi connectivity index (χ3v) is 3.32. The predicted molar refractivity (Wildman–Crippen MR) is 68.5 cm³/mol. The lowest BCUT2D eigenvalue weighted by Crippen LogP contribution is -2.35. The van der Waals surface area contributed by atoms with Gasteiger partial charge in [-0.25, -0.2) is 0 Å². The van der Waals surface area contributed by atoms with E-state index in [0.29, 0.717) is 0 Å². The minimum atomic E-state index is -0.0250. The quantitative estimate of drug-likeness (QED) is 0.875. The summed E-state index contributed by atoms with van der Waals surface area (Å²) in [6, 6.07) is 5.83. The second kappa shape index (κ2) is 4.97. The van der Waals surface area contributed by atoms with Crippen LogP contribution in [0.5, 0.6) is 0 Å². The van der Waals surface area contributed by atoms with Gasteiger partial charge in [0.05, 0.1) is 6.04 Å². The molecule has 16 heavy (non-hydrogen) atoms. The molecular weight excluding hydrogens is 268 g/mol. The predicted octanol–water partition coefficient (Wildman–Crippen LogP) is 2.45. The van der Waals surface area contributed by atoms with E-state index >= 15 is 0 Å². The van der Waals surface area contributed by atoms with Crippen molar-refractivity contribution in [1.82, 2.24) is 5.32 Å². The van der Waals surface area contributed by atoms with Crippen molar-refractivity contribution in [3.63, 3.8) is 0 Å². The first-order chi connectivity index (χ1) is 7.66. The Hall–Kier alpha value is -0.870. The summed E-state index contributed by atoms with van der Waals surface area (Å²) in [5.74, 6) is 0.0722. The van der Waals surface area contributed by atoms with Crippen LogP contribution >= 0.6 is 15.9 Å². The Labute approximate surface area is 104 Å². The fraction of sp³-hybridized carbons (Fsp3) is 0.417. The molecule has 0 bridgehead atoms. The normalized spacial score (nSPS) is 19.8. The topological polar surface area (TPSA) is 41.1 Å². The number of halogens is 1. The maximum absolute atomic E-state index is 11.9. The summed E-state index contributed by atoms with van der Waals surface area (Å²) in [5.41, 5.74) is 1.96. The molecule has 1 fully saturated rings. The van der Waals surface area contributed by atoms with Gasteiger partial charge in [0, 0.05) is 10.2 Å². The third kappa shape index (κ3) is 2.62. The average molecular weight is 283 g/mol. The van der Waals surface area contributed by atoms with Crippen LogP contribution in [0.3, 0.4) is 0 Å². The lowest BCUT2D eigenvalue weighted by atomic mass is 10.1. The summed E-state index contributed by atoms with van der Waals surface area (Å²) in [5, 5.41) is 6.14. The highest BCUT2D eigenvalue weighted by atomic mass is 79.9. The highest BCUT2D eigenvalue weighted by Gasteiger charge is 2.22. The smallest absolute Gasteiger partial charge is 0.241 e. The molecule has 1 heterocycles. The van der Waals surface area contributed by atoms with Crippen LogP contribution < -0.4 is 10.6 Å². The van der Waals surface area contributed by atoms with Crippen LogP contribution in [0.15, 0.2) is 22.7 Å². The minimum Gasteiger partial charge on any atom is -0.324 e. The number of aryl methyl sites for hydroxylation is 1. The molecular formula is C12H15BrN2O. The van der Waals surface area contributed by atoms with Crippen LogP contribution in [0.1, 0.15) is 18.4 Å². The summed E-state index contributed by atoms with van der Waals surface area (Å²) in [6.07, 6.45) is 2.01. The van der Waals surface area contributed by atoms with Gasteiger partial charge in [0.1, 0.15) is 0 Å². The van der Waals surface area contributed by atoms with Crippen LogP contribution in [-0.2, 0) is 4.79 Å². The Morgan fingerprint density at radius 1 is 1.56 bits per heavy atom. The van der Waals surface area contributed by atoms with Gasteiger partial charge in [-0.1, -0.05) is 15.9 Å². The van der Waals surface area contributed by atoms with Gasteiger partial charge in [-0.3, -0.25) is 4.79 Å². The lowest BCUT2D eigenvalue weighted by molar-refractivity contribution is -0.117. The molecule has 0 aromatic heterocycles. The average Bonchev–Trinajstić information content (AvgIpc) is 2.75. The van der Waals surface area contributed by atoms with Gasteiger partial charge in [-0.05, 0) is 50.1 Å². The molecule has 1 aliphatic heterocycles. The Morgan fingerprint density at radius 3 is 3.00 bits per heavy atom. The second-order valence-electron chi connectivity index (χ2n) is 4.10. The maximum Gasteiger partial charge on any atom is 0.241 e. The van der Waals surface area contributed by atoms with Crippen LogP contribution in [0.2, 0.25) is 0 Å². The van der Waals surface area contributed by atoms with Crippen LogP contribution in [0.4, 0.5) is 5.69 Å². The first-order valence-corrected chi connectivity index (χ1v) is 6.26. The van der Waals surface area contributed by atoms with E-state index in [2.05, 4.69) is 26.6 Å². The van der Waals surface area contributed by atoms with E-state index < -0.39 is 0 Å². The number of carbonyl (C=O) groups is 1. The van der Waals surface area contributed by atoms with Gasteiger partial charge in [-0.2, -0.15) is 0 Å². The van der Waals surface area contributed by atoms with Crippen molar-refractivity contribution < 1.29 is 4.79 Å². The van der Waals surface area contributed by atoms with Crippen molar-refractivity contribution in [1.29, 1.82) is 0 Å². The van der Waals surface area contributed by atoms with E-state index in [1.54, 1.807) is 0 Å². The van der Waals surface area contributed by atoms with Crippen molar-refractivity contribution in [3.05, 3.63) is 28.2 Å². The van der Waals surface area contributed by atoms with Crippen molar-refractivity contribution in [2.24, 2.45) is 0 Å². The Balaban J connectivity index is 2.05. The molecule has 1 aliphatic rings.